The smallest absolute Gasteiger partial charge is 0.182 e. The Balaban J connectivity index is 5.08. The van der Waals surface area contributed by atoms with Crippen molar-refractivity contribution in [3.05, 3.63) is 24.1 Å². The van der Waals surface area contributed by atoms with Crippen molar-refractivity contribution < 1.29 is 8.42 Å². The third-order valence-corrected chi connectivity index (χ3v) is 3.85. The van der Waals surface area contributed by atoms with Gasteiger partial charge >= 0.3 is 0 Å². The fourth-order valence-electron chi connectivity index (χ4n) is 0.503. The van der Waals surface area contributed by atoms with Crippen molar-refractivity contribution in [3.63, 3.8) is 0 Å². The molecule has 0 aliphatic carbocycles. The number of hydrogen-bond donors (Lipinski definition) is 0. The first-order chi connectivity index (χ1) is 4.73. The summed E-state index contributed by atoms with van der Waals surface area (Å²) in [5, 5.41) is 0. The van der Waals surface area contributed by atoms with Gasteiger partial charge in [-0.25, -0.2) is 8.42 Å². The summed E-state index contributed by atoms with van der Waals surface area (Å²) >= 11 is 0. The Hall–Kier alpha value is -0.570. The van der Waals surface area contributed by atoms with E-state index < -0.39 is 14.6 Å². The lowest BCUT2D eigenvalue weighted by Crippen LogP contribution is -2.28. The maximum Gasteiger partial charge on any atom is 0.182 e. The predicted molar refractivity (Wildman–Crippen MR) is 48.0 cm³/mol. The monoisotopic (exact) mass is 174 g/mol. The molecule has 0 saturated heterocycles. The van der Waals surface area contributed by atoms with Gasteiger partial charge in [0, 0.05) is 0 Å². The normalized spacial score (nSPS) is 12.6. The fraction of sp³-hybridized carbons (Fsp3) is 0.500. The highest BCUT2D eigenvalue weighted by Crippen LogP contribution is 2.22. The maximum absolute atomic E-state index is 11.4. The topological polar surface area (TPSA) is 34.1 Å². The summed E-state index contributed by atoms with van der Waals surface area (Å²) in [7, 11) is -3.24. The summed E-state index contributed by atoms with van der Waals surface area (Å²) in [6, 6.07) is 0. The van der Waals surface area contributed by atoms with Crippen LogP contribution >= 0.6 is 0 Å². The highest BCUT2D eigenvalue weighted by molar-refractivity contribution is 7.96. The van der Waals surface area contributed by atoms with Gasteiger partial charge in [0.2, 0.25) is 0 Å². The summed E-state index contributed by atoms with van der Waals surface area (Å²) in [5.41, 5.74) is 0. The number of allylic oxidation sites excluding steroid dienone is 1. The molecule has 0 fully saturated rings. The Morgan fingerprint density at radius 3 is 1.82 bits per heavy atom. The van der Waals surface area contributed by atoms with E-state index in [1.165, 1.54) is 6.08 Å². The van der Waals surface area contributed by atoms with Crippen molar-refractivity contribution in [1.82, 2.24) is 0 Å². The van der Waals surface area contributed by atoms with Gasteiger partial charge in [-0.2, -0.15) is 0 Å². The first-order valence-electron chi connectivity index (χ1n) is 3.29. The first kappa shape index (κ1) is 10.4. The molecule has 0 aromatic rings. The molecule has 3 heteroatoms. The number of hydrogen-bond acceptors (Lipinski definition) is 2. The molecule has 0 spiro atoms. The number of rotatable bonds is 2. The average molecular weight is 174 g/mol. The maximum atomic E-state index is 11.4. The molecule has 64 valence electrons. The zero-order valence-electron chi connectivity index (χ0n) is 7.22. The second-order valence-electron chi connectivity index (χ2n) is 3.29. The van der Waals surface area contributed by atoms with E-state index in [4.69, 9.17) is 0 Å². The second-order valence-corrected chi connectivity index (χ2v) is 6.04. The molecule has 0 saturated carbocycles. The highest BCUT2D eigenvalue weighted by atomic mass is 32.2. The van der Waals surface area contributed by atoms with Crippen LogP contribution in [0.15, 0.2) is 24.1 Å². The lowest BCUT2D eigenvalue weighted by molar-refractivity contribution is 0.568. The molecule has 0 bridgehead atoms. The Labute approximate surface area is 68.5 Å². The van der Waals surface area contributed by atoms with E-state index >= 15 is 0 Å². The molecular formula is C8H14O2S. The molecule has 0 radical (unpaired) electrons. The van der Waals surface area contributed by atoms with Crippen LogP contribution in [-0.2, 0) is 9.84 Å². The minimum atomic E-state index is -3.24. The van der Waals surface area contributed by atoms with Gasteiger partial charge in [-0.05, 0) is 20.8 Å². The van der Waals surface area contributed by atoms with Crippen molar-refractivity contribution in [2.45, 2.75) is 25.5 Å². The van der Waals surface area contributed by atoms with Crippen molar-refractivity contribution in [3.8, 4) is 0 Å². The van der Waals surface area contributed by atoms with Crippen molar-refractivity contribution in [2.24, 2.45) is 0 Å². The van der Waals surface area contributed by atoms with E-state index in [-0.39, 0.29) is 4.91 Å². The van der Waals surface area contributed by atoms with Crippen LogP contribution < -0.4 is 0 Å². The summed E-state index contributed by atoms with van der Waals surface area (Å²) in [5.74, 6) is 0. The molecule has 0 heterocycles. The lowest BCUT2D eigenvalue weighted by Gasteiger charge is -2.18. The van der Waals surface area contributed by atoms with Crippen LogP contribution in [0, 0.1) is 0 Å². The van der Waals surface area contributed by atoms with Crippen LogP contribution in [0.2, 0.25) is 0 Å². The van der Waals surface area contributed by atoms with Crippen molar-refractivity contribution in [1.29, 1.82) is 0 Å². The zero-order chi connectivity index (χ0) is 9.28. The fourth-order valence-corrected chi connectivity index (χ4v) is 1.51. The Bertz CT molecular complexity index is 265. The van der Waals surface area contributed by atoms with Crippen LogP contribution in [0.1, 0.15) is 20.8 Å². The SMILES string of the molecule is C=CC(=C)S(=O)(=O)C(C)(C)C. The van der Waals surface area contributed by atoms with E-state index in [2.05, 4.69) is 13.2 Å². The van der Waals surface area contributed by atoms with Gasteiger partial charge in [0.05, 0.1) is 9.65 Å². The van der Waals surface area contributed by atoms with Crippen LogP contribution in [0.3, 0.4) is 0 Å². The average Bonchev–Trinajstić information content (AvgIpc) is 1.83. The molecule has 0 amide bonds. The van der Waals surface area contributed by atoms with Gasteiger partial charge in [0.15, 0.2) is 9.84 Å². The Kier molecular flexibility index (Phi) is 2.67. The van der Waals surface area contributed by atoms with Gasteiger partial charge in [-0.15, -0.1) is 0 Å². The highest BCUT2D eigenvalue weighted by Gasteiger charge is 2.30. The molecule has 0 unspecified atom stereocenters. The van der Waals surface area contributed by atoms with Crippen molar-refractivity contribution >= 4 is 9.84 Å². The van der Waals surface area contributed by atoms with E-state index in [0.717, 1.165) is 0 Å². The van der Waals surface area contributed by atoms with Crippen LogP contribution in [0.4, 0.5) is 0 Å². The molecule has 0 atom stereocenters. The van der Waals surface area contributed by atoms with E-state index in [1.807, 2.05) is 0 Å². The minimum absolute atomic E-state index is 0.0880. The molecule has 0 aromatic carbocycles. The number of sulfone groups is 1. The van der Waals surface area contributed by atoms with Gasteiger partial charge in [-0.3, -0.25) is 0 Å². The Morgan fingerprint density at radius 1 is 1.36 bits per heavy atom. The molecule has 0 aliphatic heterocycles. The summed E-state index contributed by atoms with van der Waals surface area (Å²) < 4.78 is 22.0. The van der Waals surface area contributed by atoms with Gasteiger partial charge < -0.3 is 0 Å². The third kappa shape index (κ3) is 1.93. The standard InChI is InChI=1S/C8H14O2S/c1-6-7(2)11(9,10)8(3,4)5/h6H,1-2H2,3-5H3. The van der Waals surface area contributed by atoms with E-state index in [9.17, 15) is 8.42 Å². The summed E-state index contributed by atoms with van der Waals surface area (Å²) in [6.07, 6.45) is 1.26. The van der Waals surface area contributed by atoms with Crippen LogP contribution in [0.5, 0.6) is 0 Å². The summed E-state index contributed by atoms with van der Waals surface area (Å²) in [6.45, 7) is 11.7. The van der Waals surface area contributed by atoms with Crippen LogP contribution in [0.25, 0.3) is 0 Å². The molecule has 0 N–H and O–H groups in total. The van der Waals surface area contributed by atoms with E-state index in [1.54, 1.807) is 20.8 Å². The van der Waals surface area contributed by atoms with Crippen LogP contribution in [-0.4, -0.2) is 13.2 Å². The molecule has 2 nitrogen and oxygen atoms in total. The van der Waals surface area contributed by atoms with Crippen molar-refractivity contribution in [2.75, 3.05) is 0 Å². The quantitative estimate of drug-likeness (QED) is 0.599. The minimum Gasteiger partial charge on any atom is -0.223 e. The third-order valence-electron chi connectivity index (χ3n) is 1.38. The molecule has 0 rings (SSSR count). The lowest BCUT2D eigenvalue weighted by atomic mass is 10.3. The van der Waals surface area contributed by atoms with Gasteiger partial charge in [-0.1, -0.05) is 19.2 Å². The molecule has 11 heavy (non-hydrogen) atoms. The van der Waals surface area contributed by atoms with E-state index in [0.29, 0.717) is 0 Å². The summed E-state index contributed by atoms with van der Waals surface area (Å²) in [4.78, 5) is 0.0880. The second kappa shape index (κ2) is 2.81. The molecule has 0 aromatic heterocycles. The zero-order valence-corrected chi connectivity index (χ0v) is 8.03. The van der Waals surface area contributed by atoms with Gasteiger partial charge in [0.25, 0.3) is 0 Å². The van der Waals surface area contributed by atoms with Gasteiger partial charge in [0.1, 0.15) is 0 Å². The molecule has 0 aliphatic rings. The largest absolute Gasteiger partial charge is 0.223 e. The Morgan fingerprint density at radius 2 is 1.73 bits per heavy atom. The first-order valence-corrected chi connectivity index (χ1v) is 4.78. The predicted octanol–water partition coefficient (Wildman–Crippen LogP) is 1.90. The molecular weight excluding hydrogens is 160 g/mol.